The van der Waals surface area contributed by atoms with Crippen LogP contribution in [0.15, 0.2) is 53.6 Å². The minimum Gasteiger partial charge on any atom is -0.378 e. The molecule has 26 heavy (non-hydrogen) atoms. The fourth-order valence-corrected chi connectivity index (χ4v) is 4.49. The van der Waals surface area contributed by atoms with Crippen LogP contribution in [0.3, 0.4) is 0 Å². The van der Waals surface area contributed by atoms with Gasteiger partial charge >= 0.3 is 0 Å². The molecule has 1 aromatic carbocycles. The number of rotatable bonds is 3. The van der Waals surface area contributed by atoms with E-state index < -0.39 is 11.5 Å². The summed E-state index contributed by atoms with van der Waals surface area (Å²) >= 11 is 0. The Balaban J connectivity index is 1.64. The van der Waals surface area contributed by atoms with Crippen LogP contribution in [-0.2, 0) is 14.3 Å². The molecule has 0 saturated heterocycles. The highest BCUT2D eigenvalue weighted by atomic mass is 16.5. The lowest BCUT2D eigenvalue weighted by atomic mass is 9.83. The highest BCUT2D eigenvalue weighted by Gasteiger charge is 2.55. The molecular formula is C22H21NO3. The first-order chi connectivity index (χ1) is 12.6. The van der Waals surface area contributed by atoms with Crippen molar-refractivity contribution < 1.29 is 14.3 Å². The summed E-state index contributed by atoms with van der Waals surface area (Å²) in [4.78, 5) is 13.0. The fraction of sp³-hybridized carbons (Fsp3) is 0.364. The van der Waals surface area contributed by atoms with Gasteiger partial charge < -0.3 is 9.47 Å². The van der Waals surface area contributed by atoms with Crippen molar-refractivity contribution in [1.29, 1.82) is 5.26 Å². The second-order valence-corrected chi connectivity index (χ2v) is 7.25. The predicted octanol–water partition coefficient (Wildman–Crippen LogP) is 3.59. The van der Waals surface area contributed by atoms with Gasteiger partial charge in [0.05, 0.1) is 23.2 Å². The molecule has 3 aliphatic carbocycles. The lowest BCUT2D eigenvalue weighted by molar-refractivity contribution is -0.134. The molecule has 0 bridgehead atoms. The highest BCUT2D eigenvalue weighted by molar-refractivity contribution is 5.95. The number of carbonyl (C=O) groups is 1. The maximum absolute atomic E-state index is 13.0. The Bertz CT molecular complexity index is 902. The van der Waals surface area contributed by atoms with Crippen molar-refractivity contribution in [2.45, 2.75) is 31.5 Å². The number of hydrogen-bond acceptors (Lipinski definition) is 4. The Morgan fingerprint density at radius 1 is 1.15 bits per heavy atom. The third kappa shape index (κ3) is 2.56. The number of carbonyl (C=O) groups excluding carboxylic acids is 1. The molecule has 0 radical (unpaired) electrons. The molecule has 4 nitrogen and oxygen atoms in total. The van der Waals surface area contributed by atoms with Crippen LogP contribution in [0.5, 0.6) is 0 Å². The van der Waals surface area contributed by atoms with Gasteiger partial charge in [0, 0.05) is 14.2 Å². The van der Waals surface area contributed by atoms with Crippen molar-refractivity contribution in [3.63, 3.8) is 0 Å². The van der Waals surface area contributed by atoms with Crippen LogP contribution in [0.4, 0.5) is 0 Å². The van der Waals surface area contributed by atoms with Crippen molar-refractivity contribution in [2.24, 2.45) is 5.41 Å². The van der Waals surface area contributed by atoms with Gasteiger partial charge in [-0.2, -0.15) is 5.26 Å². The van der Waals surface area contributed by atoms with E-state index in [0.29, 0.717) is 12.0 Å². The molecule has 3 atom stereocenters. The number of ether oxygens (including phenoxy) is 2. The number of hydrogen-bond donors (Lipinski definition) is 0. The third-order valence-electron chi connectivity index (χ3n) is 5.81. The summed E-state index contributed by atoms with van der Waals surface area (Å²) in [5.74, 6) is 0.127. The Morgan fingerprint density at radius 3 is 2.65 bits per heavy atom. The number of nitrogens with zero attached hydrogens (tertiary/aromatic N) is 1. The van der Waals surface area contributed by atoms with Gasteiger partial charge in [-0.3, -0.25) is 4.79 Å². The SMILES string of the molecule is CO[C@@H]1CC2(C=C3CC(c4cccc(C#N)c4)=CC=C3C2)C(=O)[C@@H]1OC. The number of fused-ring (bicyclic) bond motifs is 1. The number of nitriles is 1. The summed E-state index contributed by atoms with van der Waals surface area (Å²) in [5, 5.41) is 9.12. The summed E-state index contributed by atoms with van der Waals surface area (Å²) in [6.07, 6.45) is 7.88. The minimum atomic E-state index is -0.500. The van der Waals surface area contributed by atoms with E-state index in [0.717, 1.165) is 18.4 Å². The molecular weight excluding hydrogens is 326 g/mol. The van der Waals surface area contributed by atoms with E-state index in [2.05, 4.69) is 24.3 Å². The van der Waals surface area contributed by atoms with Crippen LogP contribution >= 0.6 is 0 Å². The molecule has 1 aromatic rings. The van der Waals surface area contributed by atoms with Gasteiger partial charge in [-0.25, -0.2) is 0 Å². The van der Waals surface area contributed by atoms with E-state index in [4.69, 9.17) is 14.7 Å². The summed E-state index contributed by atoms with van der Waals surface area (Å²) in [6.45, 7) is 0. The van der Waals surface area contributed by atoms with Crippen molar-refractivity contribution in [2.75, 3.05) is 14.2 Å². The Kier molecular flexibility index (Phi) is 4.14. The molecule has 3 aliphatic rings. The maximum atomic E-state index is 13.0. The molecule has 4 heteroatoms. The highest BCUT2D eigenvalue weighted by Crippen LogP contribution is 2.52. The third-order valence-corrected chi connectivity index (χ3v) is 5.81. The lowest BCUT2D eigenvalue weighted by Gasteiger charge is -2.18. The molecule has 0 aliphatic heterocycles. The van der Waals surface area contributed by atoms with E-state index in [1.165, 1.54) is 16.7 Å². The minimum absolute atomic E-state index is 0.127. The molecule has 0 heterocycles. The smallest absolute Gasteiger partial charge is 0.174 e. The van der Waals surface area contributed by atoms with Crippen molar-refractivity contribution in [3.05, 3.63) is 64.8 Å². The zero-order chi connectivity index (χ0) is 18.3. The molecule has 1 spiro atoms. The molecule has 0 amide bonds. The Hall–Kier alpha value is -2.48. The molecule has 1 unspecified atom stereocenters. The molecule has 1 fully saturated rings. The normalized spacial score (nSPS) is 29.9. The van der Waals surface area contributed by atoms with Crippen LogP contribution in [-0.4, -0.2) is 32.2 Å². The van der Waals surface area contributed by atoms with E-state index in [1.54, 1.807) is 14.2 Å². The van der Waals surface area contributed by atoms with Gasteiger partial charge in [-0.1, -0.05) is 30.4 Å². The molecule has 0 N–H and O–H groups in total. The standard InChI is InChI=1S/C22H21NO3/c1-25-19-12-22(21(24)20(19)26-2)10-17-7-6-16(9-18(17)11-22)15-5-3-4-14(8-15)13-23/h3-8,11,19-20H,9-10,12H2,1-2H3/t19-,20-,22?/m1/s1. The average Bonchev–Trinajstić information content (AvgIpc) is 3.18. The summed E-state index contributed by atoms with van der Waals surface area (Å²) in [5.41, 5.74) is 4.83. The number of Topliss-reactive ketones (excluding diaryl/α,β-unsaturated/α-hetero) is 1. The van der Waals surface area contributed by atoms with Gasteiger partial charge in [0.1, 0.15) is 6.10 Å². The zero-order valence-corrected chi connectivity index (χ0v) is 15.0. The first kappa shape index (κ1) is 17.0. The number of methoxy groups -OCH3 is 2. The van der Waals surface area contributed by atoms with Crippen molar-refractivity contribution >= 4 is 11.4 Å². The molecule has 132 valence electrons. The fourth-order valence-electron chi connectivity index (χ4n) is 4.49. The molecule has 1 saturated carbocycles. The van der Waals surface area contributed by atoms with E-state index in [9.17, 15) is 4.79 Å². The van der Waals surface area contributed by atoms with E-state index >= 15 is 0 Å². The predicted molar refractivity (Wildman–Crippen MR) is 98.2 cm³/mol. The van der Waals surface area contributed by atoms with Crippen LogP contribution in [0.25, 0.3) is 5.57 Å². The van der Waals surface area contributed by atoms with Gasteiger partial charge in [-0.05, 0) is 53.7 Å². The quantitative estimate of drug-likeness (QED) is 0.838. The van der Waals surface area contributed by atoms with Crippen LogP contribution < -0.4 is 0 Å². The van der Waals surface area contributed by atoms with Crippen molar-refractivity contribution in [3.8, 4) is 6.07 Å². The first-order valence-electron chi connectivity index (χ1n) is 8.82. The summed E-state index contributed by atoms with van der Waals surface area (Å²) in [6, 6.07) is 9.85. The second kappa shape index (κ2) is 6.35. The second-order valence-electron chi connectivity index (χ2n) is 7.25. The average molecular weight is 347 g/mol. The topological polar surface area (TPSA) is 59.3 Å². The number of ketones is 1. The van der Waals surface area contributed by atoms with Gasteiger partial charge in [-0.15, -0.1) is 0 Å². The Labute approximate surface area is 153 Å². The van der Waals surface area contributed by atoms with Crippen molar-refractivity contribution in [1.82, 2.24) is 0 Å². The summed E-state index contributed by atoms with van der Waals surface area (Å²) in [7, 11) is 3.21. The van der Waals surface area contributed by atoms with Crippen LogP contribution in [0, 0.1) is 16.7 Å². The van der Waals surface area contributed by atoms with E-state index in [1.807, 2.05) is 24.3 Å². The van der Waals surface area contributed by atoms with Gasteiger partial charge in [0.25, 0.3) is 0 Å². The first-order valence-corrected chi connectivity index (χ1v) is 8.82. The van der Waals surface area contributed by atoms with E-state index in [-0.39, 0.29) is 11.9 Å². The number of benzene rings is 1. The molecule has 0 aromatic heterocycles. The van der Waals surface area contributed by atoms with Gasteiger partial charge in [0.2, 0.25) is 0 Å². The van der Waals surface area contributed by atoms with Crippen LogP contribution in [0.2, 0.25) is 0 Å². The zero-order valence-electron chi connectivity index (χ0n) is 15.0. The number of allylic oxidation sites excluding steroid dienone is 6. The largest absolute Gasteiger partial charge is 0.378 e. The summed E-state index contributed by atoms with van der Waals surface area (Å²) < 4.78 is 10.9. The lowest BCUT2D eigenvalue weighted by Crippen LogP contribution is -2.32. The molecule has 4 rings (SSSR count). The van der Waals surface area contributed by atoms with Crippen LogP contribution in [0.1, 0.15) is 30.4 Å². The van der Waals surface area contributed by atoms with Gasteiger partial charge in [0.15, 0.2) is 5.78 Å². The maximum Gasteiger partial charge on any atom is 0.174 e. The monoisotopic (exact) mass is 347 g/mol. The Morgan fingerprint density at radius 2 is 1.96 bits per heavy atom.